The van der Waals surface area contributed by atoms with Crippen LogP contribution in [0.2, 0.25) is 5.02 Å². The lowest BCUT2D eigenvalue weighted by Crippen LogP contribution is -2.25. The molecule has 4 heteroatoms. The molecule has 2 nitrogen and oxygen atoms in total. The molecular formula is C14H16ClNOS. The molecule has 0 saturated carbocycles. The van der Waals surface area contributed by atoms with Gasteiger partial charge in [0.15, 0.2) is 0 Å². The highest BCUT2D eigenvalue weighted by Crippen LogP contribution is 2.24. The van der Waals surface area contributed by atoms with Crippen molar-refractivity contribution < 1.29 is 4.74 Å². The molecule has 0 bridgehead atoms. The summed E-state index contributed by atoms with van der Waals surface area (Å²) in [6.45, 7) is 0. The fraction of sp³-hybridized carbons (Fsp3) is 0.286. The highest BCUT2D eigenvalue weighted by Gasteiger charge is 2.10. The molecule has 2 N–H and O–H groups in total. The molecule has 0 amide bonds. The predicted molar refractivity (Wildman–Crippen MR) is 77.7 cm³/mol. The third-order valence-electron chi connectivity index (χ3n) is 2.80. The van der Waals surface area contributed by atoms with E-state index in [2.05, 4.69) is 16.8 Å². The Bertz CT molecular complexity index is 499. The molecule has 18 heavy (non-hydrogen) atoms. The average molecular weight is 282 g/mol. The van der Waals surface area contributed by atoms with E-state index in [0.717, 1.165) is 24.2 Å². The van der Waals surface area contributed by atoms with Gasteiger partial charge in [-0.15, -0.1) is 0 Å². The standard InChI is InChI=1S/C14H16ClNOS/c1-17-14-3-2-12(15)7-11(14)8-13(16)6-10-4-5-18-9-10/h2-5,7,9,13H,6,8,16H2,1H3. The molecule has 0 aliphatic rings. The predicted octanol–water partition coefficient (Wildman–Crippen LogP) is 3.52. The van der Waals surface area contributed by atoms with Gasteiger partial charge in [0.1, 0.15) is 5.75 Å². The van der Waals surface area contributed by atoms with Crippen LogP contribution in [0.15, 0.2) is 35.0 Å². The van der Waals surface area contributed by atoms with Gasteiger partial charge >= 0.3 is 0 Å². The fourth-order valence-electron chi connectivity index (χ4n) is 1.97. The molecule has 1 heterocycles. The van der Waals surface area contributed by atoms with Crippen LogP contribution in [0.1, 0.15) is 11.1 Å². The highest BCUT2D eigenvalue weighted by molar-refractivity contribution is 7.07. The van der Waals surface area contributed by atoms with E-state index in [-0.39, 0.29) is 6.04 Å². The first-order chi connectivity index (χ1) is 8.69. The van der Waals surface area contributed by atoms with Gasteiger partial charge in [-0.3, -0.25) is 0 Å². The van der Waals surface area contributed by atoms with Crippen molar-refractivity contribution in [2.75, 3.05) is 7.11 Å². The van der Waals surface area contributed by atoms with Crippen LogP contribution >= 0.6 is 22.9 Å². The fourth-order valence-corrected chi connectivity index (χ4v) is 2.85. The molecule has 0 saturated heterocycles. The highest BCUT2D eigenvalue weighted by atomic mass is 35.5. The Labute approximate surface area is 116 Å². The number of thiophene rings is 1. The summed E-state index contributed by atoms with van der Waals surface area (Å²) in [5, 5.41) is 4.92. The first-order valence-electron chi connectivity index (χ1n) is 5.78. The number of ether oxygens (including phenoxy) is 1. The largest absolute Gasteiger partial charge is 0.496 e. The lowest BCUT2D eigenvalue weighted by molar-refractivity contribution is 0.408. The monoisotopic (exact) mass is 281 g/mol. The first-order valence-corrected chi connectivity index (χ1v) is 7.10. The van der Waals surface area contributed by atoms with Gasteiger partial charge in [-0.05, 0) is 59.0 Å². The number of benzene rings is 1. The molecule has 1 atom stereocenters. The van der Waals surface area contributed by atoms with Crippen molar-refractivity contribution in [1.29, 1.82) is 0 Å². The smallest absolute Gasteiger partial charge is 0.122 e. The van der Waals surface area contributed by atoms with E-state index in [1.807, 2.05) is 18.2 Å². The maximum atomic E-state index is 6.18. The SMILES string of the molecule is COc1ccc(Cl)cc1CC(N)Cc1ccsc1. The minimum absolute atomic E-state index is 0.0759. The molecule has 1 unspecified atom stereocenters. The van der Waals surface area contributed by atoms with Crippen molar-refractivity contribution >= 4 is 22.9 Å². The average Bonchev–Trinajstić information content (AvgIpc) is 2.82. The van der Waals surface area contributed by atoms with Gasteiger partial charge in [-0.2, -0.15) is 11.3 Å². The third-order valence-corrected chi connectivity index (χ3v) is 3.77. The summed E-state index contributed by atoms with van der Waals surface area (Å²) in [7, 11) is 1.66. The molecule has 0 radical (unpaired) electrons. The zero-order valence-corrected chi connectivity index (χ0v) is 11.8. The van der Waals surface area contributed by atoms with E-state index < -0.39 is 0 Å². The zero-order valence-electron chi connectivity index (χ0n) is 10.2. The second-order valence-electron chi connectivity index (χ2n) is 4.26. The molecule has 0 spiro atoms. The molecule has 0 aliphatic heterocycles. The van der Waals surface area contributed by atoms with Gasteiger partial charge in [0.2, 0.25) is 0 Å². The zero-order chi connectivity index (χ0) is 13.0. The van der Waals surface area contributed by atoms with Crippen molar-refractivity contribution in [3.05, 3.63) is 51.2 Å². The van der Waals surface area contributed by atoms with Crippen LogP contribution in [0.3, 0.4) is 0 Å². The van der Waals surface area contributed by atoms with Gasteiger partial charge < -0.3 is 10.5 Å². The Morgan fingerprint density at radius 2 is 2.17 bits per heavy atom. The molecule has 2 aromatic rings. The molecule has 0 aliphatic carbocycles. The third kappa shape index (κ3) is 3.48. The Kier molecular flexibility index (Phi) is 4.64. The number of hydrogen-bond acceptors (Lipinski definition) is 3. The van der Waals surface area contributed by atoms with Crippen LogP contribution in [0, 0.1) is 0 Å². The summed E-state index contributed by atoms with van der Waals surface area (Å²) < 4.78 is 5.32. The van der Waals surface area contributed by atoms with Crippen molar-refractivity contribution in [2.45, 2.75) is 18.9 Å². The Morgan fingerprint density at radius 1 is 1.33 bits per heavy atom. The second kappa shape index (κ2) is 6.23. The second-order valence-corrected chi connectivity index (χ2v) is 5.47. The van der Waals surface area contributed by atoms with Crippen LogP contribution < -0.4 is 10.5 Å². The van der Waals surface area contributed by atoms with Crippen molar-refractivity contribution in [3.63, 3.8) is 0 Å². The molecule has 1 aromatic heterocycles. The maximum Gasteiger partial charge on any atom is 0.122 e. The van der Waals surface area contributed by atoms with E-state index in [1.165, 1.54) is 5.56 Å². The van der Waals surface area contributed by atoms with E-state index in [9.17, 15) is 0 Å². The van der Waals surface area contributed by atoms with Gasteiger partial charge in [0, 0.05) is 11.1 Å². The topological polar surface area (TPSA) is 35.2 Å². The first kappa shape index (κ1) is 13.4. The minimum atomic E-state index is 0.0759. The molecule has 96 valence electrons. The van der Waals surface area contributed by atoms with Crippen LogP contribution in [0.4, 0.5) is 0 Å². The van der Waals surface area contributed by atoms with Gasteiger partial charge in [0.25, 0.3) is 0 Å². The lowest BCUT2D eigenvalue weighted by Gasteiger charge is -2.14. The maximum absolute atomic E-state index is 6.18. The number of methoxy groups -OCH3 is 1. The van der Waals surface area contributed by atoms with Crippen molar-refractivity contribution in [2.24, 2.45) is 5.73 Å². The Hall–Kier alpha value is -1.03. The molecular weight excluding hydrogens is 266 g/mol. The van der Waals surface area contributed by atoms with Gasteiger partial charge in [0.05, 0.1) is 7.11 Å². The van der Waals surface area contributed by atoms with Crippen LogP contribution in [-0.4, -0.2) is 13.2 Å². The Balaban J connectivity index is 2.06. The molecule has 2 rings (SSSR count). The summed E-state index contributed by atoms with van der Waals surface area (Å²) in [5.41, 5.74) is 8.52. The minimum Gasteiger partial charge on any atom is -0.496 e. The number of nitrogens with two attached hydrogens (primary N) is 1. The number of halogens is 1. The van der Waals surface area contributed by atoms with Gasteiger partial charge in [-0.1, -0.05) is 11.6 Å². The number of hydrogen-bond donors (Lipinski definition) is 1. The van der Waals surface area contributed by atoms with E-state index in [1.54, 1.807) is 18.4 Å². The van der Waals surface area contributed by atoms with Crippen LogP contribution in [0.25, 0.3) is 0 Å². The Morgan fingerprint density at radius 3 is 2.83 bits per heavy atom. The number of rotatable bonds is 5. The normalized spacial score (nSPS) is 12.4. The van der Waals surface area contributed by atoms with Crippen molar-refractivity contribution in [1.82, 2.24) is 0 Å². The summed E-state index contributed by atoms with van der Waals surface area (Å²) >= 11 is 7.70. The van der Waals surface area contributed by atoms with E-state index >= 15 is 0 Å². The van der Waals surface area contributed by atoms with Gasteiger partial charge in [-0.25, -0.2) is 0 Å². The van der Waals surface area contributed by atoms with E-state index in [0.29, 0.717) is 5.02 Å². The summed E-state index contributed by atoms with van der Waals surface area (Å²) in [6.07, 6.45) is 1.64. The van der Waals surface area contributed by atoms with Crippen molar-refractivity contribution in [3.8, 4) is 5.75 Å². The summed E-state index contributed by atoms with van der Waals surface area (Å²) in [5.74, 6) is 0.847. The lowest BCUT2D eigenvalue weighted by atomic mass is 10.0. The van der Waals surface area contributed by atoms with Crippen LogP contribution in [0.5, 0.6) is 5.75 Å². The van der Waals surface area contributed by atoms with Crippen LogP contribution in [-0.2, 0) is 12.8 Å². The quantitative estimate of drug-likeness (QED) is 0.910. The molecule has 1 aromatic carbocycles. The summed E-state index contributed by atoms with van der Waals surface area (Å²) in [4.78, 5) is 0. The molecule has 0 fully saturated rings. The van der Waals surface area contributed by atoms with E-state index in [4.69, 9.17) is 22.1 Å². The summed E-state index contributed by atoms with van der Waals surface area (Å²) in [6, 6.07) is 7.82.